The summed E-state index contributed by atoms with van der Waals surface area (Å²) in [6.45, 7) is 1.95. The molecule has 3 atom stereocenters. The third-order valence-corrected chi connectivity index (χ3v) is 5.99. The molecule has 1 amide bonds. The lowest BCUT2D eigenvalue weighted by molar-refractivity contribution is -0.131. The van der Waals surface area contributed by atoms with Gasteiger partial charge in [0.2, 0.25) is 5.91 Å². The molecule has 0 aromatic heterocycles. The highest BCUT2D eigenvalue weighted by Gasteiger charge is 2.43. The van der Waals surface area contributed by atoms with E-state index in [0.29, 0.717) is 0 Å². The molecule has 0 bridgehead atoms. The number of carbonyl (C=O) groups is 1. The van der Waals surface area contributed by atoms with E-state index in [-0.39, 0.29) is 23.8 Å². The van der Waals surface area contributed by atoms with Crippen molar-refractivity contribution in [2.24, 2.45) is 11.1 Å². The molecule has 0 spiro atoms. The van der Waals surface area contributed by atoms with E-state index in [1.54, 1.807) is 23.9 Å². The molecule has 1 aromatic carbocycles. The second-order valence-electron chi connectivity index (χ2n) is 6.26. The highest BCUT2D eigenvalue weighted by Crippen LogP contribution is 2.40. The molecule has 3 unspecified atom stereocenters. The van der Waals surface area contributed by atoms with E-state index in [1.807, 2.05) is 6.92 Å². The van der Waals surface area contributed by atoms with Crippen LogP contribution in [0.15, 0.2) is 23.1 Å². The van der Waals surface area contributed by atoms with Crippen LogP contribution in [0.5, 0.6) is 0 Å². The number of nitrogens with one attached hydrogen (secondary N) is 1. The third kappa shape index (κ3) is 2.69. The van der Waals surface area contributed by atoms with Crippen molar-refractivity contribution in [3.63, 3.8) is 0 Å². The predicted molar refractivity (Wildman–Crippen MR) is 82.6 cm³/mol. The molecule has 1 aliphatic carbocycles. The van der Waals surface area contributed by atoms with Crippen molar-refractivity contribution in [2.45, 2.75) is 49.6 Å². The molecular weight excluding hydrogens is 287 g/mol. The Bertz CT molecular complexity index is 565. The molecule has 114 valence electrons. The molecule has 1 heterocycles. The standard InChI is InChI=1S/C16H21FN2OS/c1-16(7-2-3-14(16)18)15(20)19-12-6-8-21-13-5-4-10(17)9-11(12)13/h4-5,9,12,14H,2-3,6-8,18H2,1H3,(H,19,20). The summed E-state index contributed by atoms with van der Waals surface area (Å²) in [6.07, 6.45) is 3.56. The van der Waals surface area contributed by atoms with E-state index in [4.69, 9.17) is 5.73 Å². The van der Waals surface area contributed by atoms with Gasteiger partial charge in [0, 0.05) is 16.7 Å². The SMILES string of the molecule is CC1(C(=O)NC2CCSc3ccc(F)cc32)CCCC1N. The smallest absolute Gasteiger partial charge is 0.227 e. The third-order valence-electron chi connectivity index (χ3n) is 4.86. The number of thioether (sulfide) groups is 1. The maximum absolute atomic E-state index is 13.5. The van der Waals surface area contributed by atoms with Crippen LogP contribution in [0.4, 0.5) is 4.39 Å². The topological polar surface area (TPSA) is 55.1 Å². The van der Waals surface area contributed by atoms with Gasteiger partial charge in [0.15, 0.2) is 0 Å². The zero-order valence-corrected chi connectivity index (χ0v) is 13.0. The maximum Gasteiger partial charge on any atom is 0.227 e. The van der Waals surface area contributed by atoms with E-state index in [2.05, 4.69) is 5.32 Å². The largest absolute Gasteiger partial charge is 0.349 e. The summed E-state index contributed by atoms with van der Waals surface area (Å²) in [4.78, 5) is 13.7. The Morgan fingerprint density at radius 3 is 3.00 bits per heavy atom. The van der Waals surface area contributed by atoms with Crippen molar-refractivity contribution >= 4 is 17.7 Å². The van der Waals surface area contributed by atoms with Gasteiger partial charge in [-0.3, -0.25) is 4.79 Å². The number of rotatable bonds is 2. The van der Waals surface area contributed by atoms with Crippen LogP contribution in [0.1, 0.15) is 44.2 Å². The fourth-order valence-electron chi connectivity index (χ4n) is 3.31. The molecule has 3 N–H and O–H groups in total. The van der Waals surface area contributed by atoms with Crippen LogP contribution in [0.2, 0.25) is 0 Å². The minimum Gasteiger partial charge on any atom is -0.349 e. The van der Waals surface area contributed by atoms with Crippen molar-refractivity contribution < 1.29 is 9.18 Å². The summed E-state index contributed by atoms with van der Waals surface area (Å²) in [6, 6.07) is 4.64. The zero-order chi connectivity index (χ0) is 15.0. The van der Waals surface area contributed by atoms with Crippen LogP contribution in [0.25, 0.3) is 0 Å². The summed E-state index contributed by atoms with van der Waals surface area (Å²) >= 11 is 1.72. The summed E-state index contributed by atoms with van der Waals surface area (Å²) in [5.41, 5.74) is 6.52. The van der Waals surface area contributed by atoms with E-state index in [0.717, 1.165) is 41.9 Å². The average Bonchev–Trinajstić information content (AvgIpc) is 2.80. The van der Waals surface area contributed by atoms with Crippen molar-refractivity contribution in [3.05, 3.63) is 29.6 Å². The maximum atomic E-state index is 13.5. The number of hydrogen-bond donors (Lipinski definition) is 2. The number of amides is 1. The van der Waals surface area contributed by atoms with Gasteiger partial charge in [-0.1, -0.05) is 6.42 Å². The number of fused-ring (bicyclic) bond motifs is 1. The molecule has 3 nitrogen and oxygen atoms in total. The predicted octanol–water partition coefficient (Wildman–Crippen LogP) is 3.00. The van der Waals surface area contributed by atoms with Gasteiger partial charge in [0.05, 0.1) is 11.5 Å². The first-order chi connectivity index (χ1) is 10.0. The van der Waals surface area contributed by atoms with Gasteiger partial charge in [-0.2, -0.15) is 0 Å². The molecule has 3 rings (SSSR count). The number of hydrogen-bond acceptors (Lipinski definition) is 3. The van der Waals surface area contributed by atoms with Crippen LogP contribution < -0.4 is 11.1 Å². The molecule has 5 heteroatoms. The molecule has 1 fully saturated rings. The second kappa shape index (κ2) is 5.61. The Morgan fingerprint density at radius 2 is 2.29 bits per heavy atom. The number of halogens is 1. The van der Waals surface area contributed by atoms with Gasteiger partial charge >= 0.3 is 0 Å². The number of benzene rings is 1. The Hall–Kier alpha value is -1.07. The Kier molecular flexibility index (Phi) is 3.97. The number of nitrogens with two attached hydrogens (primary N) is 1. The lowest BCUT2D eigenvalue weighted by atomic mass is 9.83. The van der Waals surface area contributed by atoms with E-state index in [1.165, 1.54) is 6.07 Å². The Morgan fingerprint density at radius 1 is 1.48 bits per heavy atom. The van der Waals surface area contributed by atoms with Crippen LogP contribution in [-0.2, 0) is 4.79 Å². The molecule has 1 aromatic rings. The van der Waals surface area contributed by atoms with Gasteiger partial charge in [-0.25, -0.2) is 4.39 Å². The van der Waals surface area contributed by atoms with Crippen molar-refractivity contribution in [1.82, 2.24) is 5.32 Å². The summed E-state index contributed by atoms with van der Waals surface area (Å²) in [5.74, 6) is 0.700. The molecule has 1 aliphatic heterocycles. The van der Waals surface area contributed by atoms with E-state index < -0.39 is 5.41 Å². The fraction of sp³-hybridized carbons (Fsp3) is 0.562. The summed E-state index contributed by atoms with van der Waals surface area (Å²) in [5, 5.41) is 3.12. The monoisotopic (exact) mass is 308 g/mol. The summed E-state index contributed by atoms with van der Waals surface area (Å²) in [7, 11) is 0. The van der Waals surface area contributed by atoms with Crippen LogP contribution in [0, 0.1) is 11.2 Å². The first-order valence-corrected chi connectivity index (χ1v) is 8.48. The van der Waals surface area contributed by atoms with Crippen molar-refractivity contribution in [1.29, 1.82) is 0 Å². The Labute approximate surface area is 128 Å². The highest BCUT2D eigenvalue weighted by molar-refractivity contribution is 7.99. The molecular formula is C16H21FN2OS. The first kappa shape index (κ1) is 14.9. The Balaban J connectivity index is 1.80. The van der Waals surface area contributed by atoms with Gasteiger partial charge in [-0.05, 0) is 49.9 Å². The van der Waals surface area contributed by atoms with Crippen molar-refractivity contribution in [3.8, 4) is 0 Å². The van der Waals surface area contributed by atoms with E-state index in [9.17, 15) is 9.18 Å². The first-order valence-electron chi connectivity index (χ1n) is 7.49. The second-order valence-corrected chi connectivity index (χ2v) is 7.40. The summed E-state index contributed by atoms with van der Waals surface area (Å²) < 4.78 is 13.5. The van der Waals surface area contributed by atoms with Gasteiger partial charge < -0.3 is 11.1 Å². The minimum absolute atomic E-state index is 0.0135. The van der Waals surface area contributed by atoms with Gasteiger partial charge in [-0.15, -0.1) is 11.8 Å². The van der Waals surface area contributed by atoms with Crippen LogP contribution in [0.3, 0.4) is 0 Å². The number of carbonyl (C=O) groups excluding carboxylic acids is 1. The minimum atomic E-state index is -0.488. The molecule has 0 saturated heterocycles. The van der Waals surface area contributed by atoms with Crippen molar-refractivity contribution in [2.75, 3.05) is 5.75 Å². The van der Waals surface area contributed by atoms with E-state index >= 15 is 0 Å². The molecule has 0 radical (unpaired) electrons. The normalized spacial score (nSPS) is 31.8. The molecule has 21 heavy (non-hydrogen) atoms. The highest BCUT2D eigenvalue weighted by atomic mass is 32.2. The quantitative estimate of drug-likeness (QED) is 0.883. The average molecular weight is 308 g/mol. The fourth-order valence-corrected chi connectivity index (χ4v) is 4.42. The molecule has 2 aliphatic rings. The van der Waals surface area contributed by atoms with Crippen LogP contribution >= 0.6 is 11.8 Å². The van der Waals surface area contributed by atoms with Gasteiger partial charge in [0.25, 0.3) is 0 Å². The van der Waals surface area contributed by atoms with Crippen LogP contribution in [-0.4, -0.2) is 17.7 Å². The lowest BCUT2D eigenvalue weighted by Gasteiger charge is -2.32. The zero-order valence-electron chi connectivity index (χ0n) is 12.2. The van der Waals surface area contributed by atoms with Gasteiger partial charge in [0.1, 0.15) is 5.82 Å². The lowest BCUT2D eigenvalue weighted by Crippen LogP contribution is -2.48. The molecule has 1 saturated carbocycles.